The molecule has 1 aromatic heterocycles. The molecule has 1 saturated heterocycles. The van der Waals surface area contributed by atoms with Gasteiger partial charge in [0.05, 0.1) is 21.1 Å². The second kappa shape index (κ2) is 8.21. The predicted molar refractivity (Wildman–Crippen MR) is 100 cm³/mol. The topological polar surface area (TPSA) is 67.4 Å². The smallest absolute Gasteiger partial charge is 0.321 e. The average molecular weight is 446 g/mol. The van der Waals surface area contributed by atoms with Crippen LogP contribution in [0.15, 0.2) is 35.1 Å². The number of carbonyl (C=O) groups is 1. The van der Waals surface area contributed by atoms with Crippen LogP contribution in [0.25, 0.3) is 0 Å². The van der Waals surface area contributed by atoms with Crippen molar-refractivity contribution < 1.29 is 9.53 Å². The molecule has 1 aromatic carbocycles. The van der Waals surface area contributed by atoms with Crippen LogP contribution in [0.4, 0.5) is 10.5 Å². The number of piperidine rings is 1. The molecular formula is C16H15BrCl2N4O2. The van der Waals surface area contributed by atoms with Crippen LogP contribution in [-0.4, -0.2) is 40.1 Å². The second-order valence-corrected chi connectivity index (χ2v) is 7.30. The fourth-order valence-electron chi connectivity index (χ4n) is 2.51. The minimum Gasteiger partial charge on any atom is -0.458 e. The Hall–Kier alpha value is -1.57. The molecule has 3 rings (SSSR count). The highest BCUT2D eigenvalue weighted by molar-refractivity contribution is 9.10. The normalized spacial score (nSPS) is 17.2. The summed E-state index contributed by atoms with van der Waals surface area (Å²) in [6.45, 7) is 1.13. The van der Waals surface area contributed by atoms with Gasteiger partial charge in [-0.15, -0.1) is 0 Å². The lowest BCUT2D eigenvalue weighted by Gasteiger charge is -2.32. The largest absolute Gasteiger partial charge is 0.458 e. The summed E-state index contributed by atoms with van der Waals surface area (Å²) in [6.07, 6.45) is 4.79. The zero-order chi connectivity index (χ0) is 17.8. The van der Waals surface area contributed by atoms with Gasteiger partial charge in [-0.1, -0.05) is 23.2 Å². The maximum atomic E-state index is 12.5. The summed E-state index contributed by atoms with van der Waals surface area (Å²) in [5, 5.41) is 3.66. The highest BCUT2D eigenvalue weighted by Crippen LogP contribution is 2.25. The van der Waals surface area contributed by atoms with Crippen molar-refractivity contribution in [3.8, 4) is 6.01 Å². The Bertz CT molecular complexity index is 760. The first-order valence-corrected chi connectivity index (χ1v) is 9.21. The molecule has 6 nitrogen and oxygen atoms in total. The number of benzene rings is 1. The number of aromatic nitrogens is 2. The lowest BCUT2D eigenvalue weighted by atomic mass is 10.1. The summed E-state index contributed by atoms with van der Waals surface area (Å²) in [7, 11) is 0. The number of hydrogen-bond donors (Lipinski definition) is 1. The van der Waals surface area contributed by atoms with E-state index in [4.69, 9.17) is 27.9 Å². The van der Waals surface area contributed by atoms with Gasteiger partial charge in [0, 0.05) is 24.6 Å². The van der Waals surface area contributed by atoms with Crippen molar-refractivity contribution in [3.63, 3.8) is 0 Å². The molecule has 132 valence electrons. The number of carbonyl (C=O) groups excluding carboxylic acids is 1. The Balaban J connectivity index is 1.59. The predicted octanol–water partition coefficient (Wildman–Crippen LogP) is 4.62. The molecule has 2 heterocycles. The molecular weight excluding hydrogens is 431 g/mol. The van der Waals surface area contributed by atoms with Crippen molar-refractivity contribution in [3.05, 3.63) is 45.1 Å². The molecule has 1 atom stereocenters. The lowest BCUT2D eigenvalue weighted by Crippen LogP contribution is -2.46. The number of likely N-dealkylation sites (tertiary alicyclic amines) is 1. The maximum absolute atomic E-state index is 12.5. The molecule has 1 aliphatic heterocycles. The molecule has 25 heavy (non-hydrogen) atoms. The van der Waals surface area contributed by atoms with E-state index in [9.17, 15) is 4.79 Å². The van der Waals surface area contributed by atoms with E-state index in [1.807, 2.05) is 0 Å². The summed E-state index contributed by atoms with van der Waals surface area (Å²) in [5.41, 5.74) is 0.596. The number of nitrogens with zero attached hydrogens (tertiary/aromatic N) is 3. The SMILES string of the molecule is O=C(Nc1ccc(Cl)c(Cl)c1)N1CCC[C@@H](Oc2ncc(Br)cn2)C1. The third-order valence-corrected chi connectivity index (χ3v) is 4.85. The van der Waals surface area contributed by atoms with E-state index in [0.29, 0.717) is 34.8 Å². The van der Waals surface area contributed by atoms with Crippen molar-refractivity contribution in [2.75, 3.05) is 18.4 Å². The number of hydrogen-bond acceptors (Lipinski definition) is 4. The highest BCUT2D eigenvalue weighted by atomic mass is 79.9. The Morgan fingerprint density at radius 3 is 2.76 bits per heavy atom. The van der Waals surface area contributed by atoms with E-state index in [2.05, 4.69) is 31.2 Å². The zero-order valence-electron chi connectivity index (χ0n) is 13.1. The molecule has 0 saturated carbocycles. The number of ether oxygens (including phenoxy) is 1. The van der Waals surface area contributed by atoms with Crippen LogP contribution >= 0.6 is 39.1 Å². The number of anilines is 1. The Kier molecular flexibility index (Phi) is 5.98. The van der Waals surface area contributed by atoms with Gasteiger partial charge in [0.1, 0.15) is 6.10 Å². The van der Waals surface area contributed by atoms with E-state index < -0.39 is 0 Å². The average Bonchev–Trinajstić information content (AvgIpc) is 2.60. The van der Waals surface area contributed by atoms with Crippen LogP contribution in [0.1, 0.15) is 12.8 Å². The molecule has 0 aliphatic carbocycles. The lowest BCUT2D eigenvalue weighted by molar-refractivity contribution is 0.0983. The van der Waals surface area contributed by atoms with Gasteiger partial charge >= 0.3 is 12.0 Å². The van der Waals surface area contributed by atoms with Crippen molar-refractivity contribution in [1.29, 1.82) is 0 Å². The van der Waals surface area contributed by atoms with Crippen molar-refractivity contribution in [2.24, 2.45) is 0 Å². The van der Waals surface area contributed by atoms with E-state index in [0.717, 1.165) is 17.3 Å². The third-order valence-electron chi connectivity index (χ3n) is 3.70. The highest BCUT2D eigenvalue weighted by Gasteiger charge is 2.25. The Morgan fingerprint density at radius 1 is 1.28 bits per heavy atom. The summed E-state index contributed by atoms with van der Waals surface area (Å²) in [5.74, 6) is 0. The minimum absolute atomic E-state index is 0.144. The van der Waals surface area contributed by atoms with Crippen LogP contribution in [0.2, 0.25) is 10.0 Å². The Labute approximate surface area is 163 Å². The maximum Gasteiger partial charge on any atom is 0.321 e. The van der Waals surface area contributed by atoms with Gasteiger partial charge in [0.15, 0.2) is 0 Å². The van der Waals surface area contributed by atoms with Gasteiger partial charge in [-0.3, -0.25) is 0 Å². The molecule has 0 unspecified atom stereocenters. The van der Waals surface area contributed by atoms with Gasteiger partial charge in [0.25, 0.3) is 0 Å². The fraction of sp³-hybridized carbons (Fsp3) is 0.312. The number of urea groups is 1. The molecule has 1 N–H and O–H groups in total. The molecule has 2 aromatic rings. The van der Waals surface area contributed by atoms with Gasteiger partial charge in [-0.2, -0.15) is 0 Å². The second-order valence-electron chi connectivity index (χ2n) is 5.57. The molecule has 0 radical (unpaired) electrons. The van der Waals surface area contributed by atoms with Gasteiger partial charge in [-0.25, -0.2) is 14.8 Å². The van der Waals surface area contributed by atoms with Crippen LogP contribution in [0.5, 0.6) is 6.01 Å². The number of halogens is 3. The molecule has 1 aliphatic rings. The summed E-state index contributed by atoms with van der Waals surface area (Å²) in [4.78, 5) is 22.4. The van der Waals surface area contributed by atoms with Gasteiger partial charge < -0.3 is 15.0 Å². The van der Waals surface area contributed by atoms with E-state index >= 15 is 0 Å². The van der Waals surface area contributed by atoms with Crippen LogP contribution < -0.4 is 10.1 Å². The van der Waals surface area contributed by atoms with E-state index in [1.54, 1.807) is 35.5 Å². The molecule has 0 bridgehead atoms. The monoisotopic (exact) mass is 444 g/mol. The van der Waals surface area contributed by atoms with Crippen LogP contribution in [0, 0.1) is 0 Å². The quantitative estimate of drug-likeness (QED) is 0.748. The number of rotatable bonds is 3. The molecule has 2 amide bonds. The molecule has 1 fully saturated rings. The fourth-order valence-corrected chi connectivity index (χ4v) is 3.01. The first kappa shape index (κ1) is 18.2. The van der Waals surface area contributed by atoms with Crippen LogP contribution in [-0.2, 0) is 0 Å². The third kappa shape index (κ3) is 4.96. The summed E-state index contributed by atoms with van der Waals surface area (Å²) >= 11 is 15.1. The minimum atomic E-state index is -0.205. The molecule has 9 heteroatoms. The summed E-state index contributed by atoms with van der Waals surface area (Å²) < 4.78 is 6.56. The van der Waals surface area contributed by atoms with Crippen LogP contribution in [0.3, 0.4) is 0 Å². The first-order chi connectivity index (χ1) is 12.0. The van der Waals surface area contributed by atoms with E-state index in [1.165, 1.54) is 0 Å². The van der Waals surface area contributed by atoms with Crippen molar-refractivity contribution in [1.82, 2.24) is 14.9 Å². The Morgan fingerprint density at radius 2 is 2.04 bits per heavy atom. The zero-order valence-corrected chi connectivity index (χ0v) is 16.2. The number of amides is 2. The summed E-state index contributed by atoms with van der Waals surface area (Å²) in [6, 6.07) is 5.07. The van der Waals surface area contributed by atoms with Crippen molar-refractivity contribution >= 4 is 50.9 Å². The van der Waals surface area contributed by atoms with Gasteiger partial charge in [-0.05, 0) is 47.0 Å². The molecule has 0 spiro atoms. The van der Waals surface area contributed by atoms with Crippen molar-refractivity contribution in [2.45, 2.75) is 18.9 Å². The van der Waals surface area contributed by atoms with E-state index in [-0.39, 0.29) is 12.1 Å². The standard InChI is InChI=1S/C16H15BrCl2N4O2/c17-10-7-20-15(21-8-10)25-12-2-1-5-23(9-12)16(24)22-11-3-4-13(18)14(19)6-11/h3-4,6-8,12H,1-2,5,9H2,(H,22,24)/t12-/m1/s1. The first-order valence-electron chi connectivity index (χ1n) is 7.66. The van der Waals surface area contributed by atoms with Gasteiger partial charge in [0.2, 0.25) is 0 Å². The number of nitrogens with one attached hydrogen (secondary N) is 1.